The van der Waals surface area contributed by atoms with Crippen LogP contribution in [0.3, 0.4) is 0 Å². The van der Waals surface area contributed by atoms with Crippen LogP contribution in [-0.4, -0.2) is 11.2 Å². The SMILES string of the molecule is OC(C1=CC=CC1)C1=CC=CC1. The normalized spacial score (nSPS) is 20.5. The first kappa shape index (κ1) is 7.56. The molecule has 0 aromatic rings. The van der Waals surface area contributed by atoms with Crippen LogP contribution < -0.4 is 0 Å². The third-order valence-electron chi connectivity index (χ3n) is 2.30. The number of aliphatic hydroxyl groups excluding tert-OH is 1. The summed E-state index contributed by atoms with van der Waals surface area (Å²) in [6.45, 7) is 0. The first-order chi connectivity index (χ1) is 5.88. The van der Waals surface area contributed by atoms with Crippen molar-refractivity contribution >= 4 is 0 Å². The van der Waals surface area contributed by atoms with E-state index < -0.39 is 0 Å². The quantitative estimate of drug-likeness (QED) is 0.656. The number of rotatable bonds is 2. The van der Waals surface area contributed by atoms with E-state index in [1.165, 1.54) is 0 Å². The Morgan fingerprint density at radius 2 is 1.50 bits per heavy atom. The molecule has 1 N–H and O–H groups in total. The lowest BCUT2D eigenvalue weighted by Crippen LogP contribution is -2.11. The molecule has 0 fully saturated rings. The Balaban J connectivity index is 2.05. The van der Waals surface area contributed by atoms with Gasteiger partial charge in [-0.15, -0.1) is 0 Å². The maximum atomic E-state index is 9.83. The van der Waals surface area contributed by atoms with Crippen LogP contribution in [-0.2, 0) is 0 Å². The van der Waals surface area contributed by atoms with Gasteiger partial charge in [-0.2, -0.15) is 0 Å². The zero-order valence-electron chi connectivity index (χ0n) is 6.90. The van der Waals surface area contributed by atoms with Crippen molar-refractivity contribution in [3.05, 3.63) is 47.6 Å². The predicted molar refractivity (Wildman–Crippen MR) is 49.7 cm³/mol. The van der Waals surface area contributed by atoms with Crippen LogP contribution in [0.2, 0.25) is 0 Å². The molecule has 1 nitrogen and oxygen atoms in total. The Kier molecular flexibility index (Phi) is 1.96. The van der Waals surface area contributed by atoms with Gasteiger partial charge in [0, 0.05) is 0 Å². The molecule has 0 aromatic heterocycles. The standard InChI is InChI=1S/C11H12O/c12-11(9-5-1-2-6-9)10-7-3-4-8-10/h1-5,7,11-12H,6,8H2. The fraction of sp³-hybridized carbons (Fsp3) is 0.273. The molecule has 62 valence electrons. The highest BCUT2D eigenvalue weighted by molar-refractivity contribution is 5.37. The Morgan fingerprint density at radius 1 is 1.00 bits per heavy atom. The van der Waals surface area contributed by atoms with Crippen molar-refractivity contribution in [3.8, 4) is 0 Å². The average molecular weight is 160 g/mol. The van der Waals surface area contributed by atoms with Crippen molar-refractivity contribution in [2.45, 2.75) is 18.9 Å². The van der Waals surface area contributed by atoms with E-state index in [1.807, 2.05) is 24.3 Å². The van der Waals surface area contributed by atoms with Gasteiger partial charge in [0.05, 0.1) is 6.10 Å². The Bertz CT molecular complexity index is 262. The number of allylic oxidation sites excluding steroid dienone is 6. The van der Waals surface area contributed by atoms with E-state index in [-0.39, 0.29) is 6.10 Å². The monoisotopic (exact) mass is 160 g/mol. The predicted octanol–water partition coefficient (Wildman–Crippen LogP) is 2.12. The van der Waals surface area contributed by atoms with Crippen LogP contribution in [0, 0.1) is 0 Å². The van der Waals surface area contributed by atoms with E-state index in [4.69, 9.17) is 0 Å². The van der Waals surface area contributed by atoms with E-state index in [1.54, 1.807) is 0 Å². The smallest absolute Gasteiger partial charge is 0.0973 e. The van der Waals surface area contributed by atoms with Crippen LogP contribution in [0.25, 0.3) is 0 Å². The number of aliphatic hydroxyl groups is 1. The minimum absolute atomic E-state index is 0.352. The molecule has 0 heterocycles. The summed E-state index contributed by atoms with van der Waals surface area (Å²) in [5, 5.41) is 9.83. The first-order valence-corrected chi connectivity index (χ1v) is 4.27. The summed E-state index contributed by atoms with van der Waals surface area (Å²) in [6, 6.07) is 0. The molecule has 0 bridgehead atoms. The lowest BCUT2D eigenvalue weighted by Gasteiger charge is -2.12. The van der Waals surface area contributed by atoms with Gasteiger partial charge < -0.3 is 5.11 Å². The molecule has 2 aliphatic carbocycles. The van der Waals surface area contributed by atoms with Crippen LogP contribution in [0.5, 0.6) is 0 Å². The summed E-state index contributed by atoms with van der Waals surface area (Å²) >= 11 is 0. The maximum Gasteiger partial charge on any atom is 0.0973 e. The second-order valence-electron chi connectivity index (χ2n) is 3.15. The first-order valence-electron chi connectivity index (χ1n) is 4.27. The molecule has 0 saturated carbocycles. The summed E-state index contributed by atoms with van der Waals surface area (Å²) in [5.41, 5.74) is 2.23. The van der Waals surface area contributed by atoms with Crippen LogP contribution in [0.4, 0.5) is 0 Å². The van der Waals surface area contributed by atoms with Crippen LogP contribution in [0.15, 0.2) is 47.6 Å². The Hall–Kier alpha value is -1.08. The minimum atomic E-state index is -0.352. The van der Waals surface area contributed by atoms with E-state index >= 15 is 0 Å². The van der Waals surface area contributed by atoms with Gasteiger partial charge in [-0.1, -0.05) is 36.5 Å². The van der Waals surface area contributed by atoms with Gasteiger partial charge in [0.25, 0.3) is 0 Å². The molecule has 0 radical (unpaired) electrons. The molecule has 0 amide bonds. The molecule has 0 aromatic carbocycles. The van der Waals surface area contributed by atoms with Crippen molar-refractivity contribution in [2.75, 3.05) is 0 Å². The molecule has 12 heavy (non-hydrogen) atoms. The lowest BCUT2D eigenvalue weighted by molar-refractivity contribution is 0.243. The van der Waals surface area contributed by atoms with Gasteiger partial charge in [0.1, 0.15) is 0 Å². The minimum Gasteiger partial charge on any atom is -0.384 e. The molecular formula is C11H12O. The van der Waals surface area contributed by atoms with E-state index in [2.05, 4.69) is 12.2 Å². The summed E-state index contributed by atoms with van der Waals surface area (Å²) < 4.78 is 0. The van der Waals surface area contributed by atoms with Crippen molar-refractivity contribution < 1.29 is 5.11 Å². The molecule has 0 atom stereocenters. The second-order valence-corrected chi connectivity index (χ2v) is 3.15. The Labute approximate surface area is 72.4 Å². The molecule has 2 rings (SSSR count). The second kappa shape index (κ2) is 3.11. The molecule has 0 saturated heterocycles. The maximum absolute atomic E-state index is 9.83. The summed E-state index contributed by atoms with van der Waals surface area (Å²) in [6.07, 6.45) is 13.6. The van der Waals surface area contributed by atoms with E-state index in [0.717, 1.165) is 24.0 Å². The molecule has 0 spiro atoms. The highest BCUT2D eigenvalue weighted by Gasteiger charge is 2.16. The third kappa shape index (κ3) is 1.28. The van der Waals surface area contributed by atoms with Gasteiger partial charge >= 0.3 is 0 Å². The lowest BCUT2D eigenvalue weighted by atomic mass is 10.0. The molecule has 1 heteroatoms. The third-order valence-corrected chi connectivity index (χ3v) is 2.30. The van der Waals surface area contributed by atoms with Gasteiger partial charge in [0.2, 0.25) is 0 Å². The zero-order chi connectivity index (χ0) is 8.39. The number of hydrogen-bond donors (Lipinski definition) is 1. The summed E-state index contributed by atoms with van der Waals surface area (Å²) in [5.74, 6) is 0. The van der Waals surface area contributed by atoms with Crippen molar-refractivity contribution in [1.82, 2.24) is 0 Å². The van der Waals surface area contributed by atoms with Crippen molar-refractivity contribution in [2.24, 2.45) is 0 Å². The van der Waals surface area contributed by atoms with Gasteiger partial charge in [-0.05, 0) is 24.0 Å². The highest BCUT2D eigenvalue weighted by atomic mass is 16.3. The molecule has 0 unspecified atom stereocenters. The van der Waals surface area contributed by atoms with Crippen LogP contribution >= 0.6 is 0 Å². The number of hydrogen-bond acceptors (Lipinski definition) is 1. The zero-order valence-corrected chi connectivity index (χ0v) is 6.90. The van der Waals surface area contributed by atoms with E-state index in [9.17, 15) is 5.11 Å². The Morgan fingerprint density at radius 3 is 1.83 bits per heavy atom. The van der Waals surface area contributed by atoms with E-state index in [0.29, 0.717) is 0 Å². The van der Waals surface area contributed by atoms with Gasteiger partial charge in [0.15, 0.2) is 0 Å². The topological polar surface area (TPSA) is 20.2 Å². The average Bonchev–Trinajstić information content (AvgIpc) is 2.77. The van der Waals surface area contributed by atoms with Crippen molar-refractivity contribution in [3.63, 3.8) is 0 Å². The summed E-state index contributed by atoms with van der Waals surface area (Å²) in [4.78, 5) is 0. The largest absolute Gasteiger partial charge is 0.384 e. The molecule has 2 aliphatic rings. The fourth-order valence-corrected chi connectivity index (χ4v) is 1.57. The summed E-state index contributed by atoms with van der Waals surface area (Å²) in [7, 11) is 0. The van der Waals surface area contributed by atoms with Gasteiger partial charge in [-0.3, -0.25) is 0 Å². The van der Waals surface area contributed by atoms with Crippen LogP contribution in [0.1, 0.15) is 12.8 Å². The van der Waals surface area contributed by atoms with Crippen molar-refractivity contribution in [1.29, 1.82) is 0 Å². The molecule has 0 aliphatic heterocycles. The molecular weight excluding hydrogens is 148 g/mol. The van der Waals surface area contributed by atoms with Gasteiger partial charge in [-0.25, -0.2) is 0 Å². The fourth-order valence-electron chi connectivity index (χ4n) is 1.57. The highest BCUT2D eigenvalue weighted by Crippen LogP contribution is 2.24.